The van der Waals surface area contributed by atoms with Crippen LogP contribution in [-0.2, 0) is 15.6 Å². The van der Waals surface area contributed by atoms with E-state index in [0.29, 0.717) is 12.2 Å². The van der Waals surface area contributed by atoms with Gasteiger partial charge < -0.3 is 5.11 Å². The van der Waals surface area contributed by atoms with Crippen LogP contribution < -0.4 is 0 Å². The van der Waals surface area contributed by atoms with Crippen molar-refractivity contribution in [1.29, 1.82) is 0 Å². The van der Waals surface area contributed by atoms with Crippen molar-refractivity contribution in [2.45, 2.75) is 84.0 Å². The molecule has 0 aromatic rings. The third-order valence-electron chi connectivity index (χ3n) is 4.01. The maximum absolute atomic E-state index is 11.1. The van der Waals surface area contributed by atoms with E-state index in [1.54, 1.807) is 6.26 Å². The van der Waals surface area contributed by atoms with Crippen LogP contribution in [0.4, 0.5) is 0 Å². The summed E-state index contributed by atoms with van der Waals surface area (Å²) in [5.74, 6) is -0.520. The van der Waals surface area contributed by atoms with Crippen LogP contribution in [0.15, 0.2) is 0 Å². The van der Waals surface area contributed by atoms with Gasteiger partial charge >= 0.3 is 5.97 Å². The highest BCUT2D eigenvalue weighted by Gasteiger charge is 2.16. The summed E-state index contributed by atoms with van der Waals surface area (Å²) in [5.41, 5.74) is 0. The SMILES string of the molecule is CCCCCCCCCCCCC(CCS(C)=O)C(=O)O. The third-order valence-corrected chi connectivity index (χ3v) is 4.82. The zero-order valence-electron chi connectivity index (χ0n) is 13.9. The summed E-state index contributed by atoms with van der Waals surface area (Å²) in [6, 6.07) is 0. The lowest BCUT2D eigenvalue weighted by molar-refractivity contribution is -0.142. The second kappa shape index (κ2) is 14.6. The van der Waals surface area contributed by atoms with Gasteiger partial charge in [-0.1, -0.05) is 71.1 Å². The number of aliphatic carboxylic acids is 1. The predicted molar refractivity (Wildman–Crippen MR) is 91.1 cm³/mol. The number of unbranched alkanes of at least 4 members (excludes halogenated alkanes) is 9. The van der Waals surface area contributed by atoms with Crippen molar-refractivity contribution in [3.63, 3.8) is 0 Å². The molecule has 0 heterocycles. The van der Waals surface area contributed by atoms with Crippen molar-refractivity contribution in [2.24, 2.45) is 5.92 Å². The van der Waals surface area contributed by atoms with Crippen molar-refractivity contribution in [2.75, 3.05) is 12.0 Å². The molecule has 0 rings (SSSR count). The molecule has 4 heteroatoms. The first-order valence-corrected chi connectivity index (χ1v) is 10.3. The highest BCUT2D eigenvalue weighted by molar-refractivity contribution is 7.84. The minimum atomic E-state index is -0.882. The third kappa shape index (κ3) is 14.3. The van der Waals surface area contributed by atoms with E-state index < -0.39 is 16.8 Å². The number of carboxylic acid groups (broad SMARTS) is 1. The van der Waals surface area contributed by atoms with Crippen molar-refractivity contribution in [3.8, 4) is 0 Å². The maximum atomic E-state index is 11.1. The summed E-state index contributed by atoms with van der Waals surface area (Å²) in [7, 11) is -0.882. The molecule has 0 radical (unpaired) electrons. The Labute approximate surface area is 133 Å². The summed E-state index contributed by atoms with van der Waals surface area (Å²) in [6.07, 6.45) is 15.6. The van der Waals surface area contributed by atoms with Crippen LogP contribution in [0.3, 0.4) is 0 Å². The van der Waals surface area contributed by atoms with Crippen LogP contribution >= 0.6 is 0 Å². The first kappa shape index (κ1) is 20.6. The van der Waals surface area contributed by atoms with Crippen molar-refractivity contribution < 1.29 is 14.1 Å². The molecule has 0 aromatic carbocycles. The Morgan fingerprint density at radius 3 is 1.81 bits per heavy atom. The summed E-state index contributed by atoms with van der Waals surface area (Å²) < 4.78 is 11.0. The largest absolute Gasteiger partial charge is 0.481 e. The Morgan fingerprint density at radius 2 is 1.38 bits per heavy atom. The quantitative estimate of drug-likeness (QED) is 0.443. The molecule has 0 aliphatic heterocycles. The molecule has 2 unspecified atom stereocenters. The van der Waals surface area contributed by atoms with E-state index in [0.717, 1.165) is 19.3 Å². The molecular formula is C17H34O3S. The molecular weight excluding hydrogens is 284 g/mol. The normalized spacial score (nSPS) is 14.0. The van der Waals surface area contributed by atoms with E-state index in [4.69, 9.17) is 5.11 Å². The number of hydrogen-bond donors (Lipinski definition) is 1. The molecule has 126 valence electrons. The summed E-state index contributed by atoms with van der Waals surface area (Å²) in [4.78, 5) is 11.1. The summed E-state index contributed by atoms with van der Waals surface area (Å²) >= 11 is 0. The van der Waals surface area contributed by atoms with Gasteiger partial charge in [-0.05, 0) is 12.8 Å². The van der Waals surface area contributed by atoms with E-state index in [1.165, 1.54) is 51.4 Å². The van der Waals surface area contributed by atoms with Gasteiger partial charge in [-0.25, -0.2) is 0 Å². The van der Waals surface area contributed by atoms with Crippen LogP contribution in [-0.4, -0.2) is 27.3 Å². The van der Waals surface area contributed by atoms with Gasteiger partial charge in [0.2, 0.25) is 0 Å². The Kier molecular flexibility index (Phi) is 14.3. The van der Waals surface area contributed by atoms with Crippen LogP contribution in [0, 0.1) is 5.92 Å². The Hall–Kier alpha value is -0.380. The van der Waals surface area contributed by atoms with E-state index in [1.807, 2.05) is 0 Å². The molecule has 0 saturated carbocycles. The molecule has 0 amide bonds. The fourth-order valence-electron chi connectivity index (χ4n) is 2.58. The summed E-state index contributed by atoms with van der Waals surface area (Å²) in [5, 5.41) is 9.13. The van der Waals surface area contributed by atoms with Crippen molar-refractivity contribution >= 4 is 16.8 Å². The molecule has 2 atom stereocenters. The Morgan fingerprint density at radius 1 is 0.905 bits per heavy atom. The van der Waals surface area contributed by atoms with Crippen LogP contribution in [0.25, 0.3) is 0 Å². The molecule has 0 saturated heterocycles. The molecule has 21 heavy (non-hydrogen) atoms. The summed E-state index contributed by atoms with van der Waals surface area (Å²) in [6.45, 7) is 2.24. The van der Waals surface area contributed by atoms with Gasteiger partial charge in [-0.15, -0.1) is 0 Å². The highest BCUT2D eigenvalue weighted by atomic mass is 32.2. The van der Waals surface area contributed by atoms with Gasteiger partial charge in [0.05, 0.1) is 5.92 Å². The van der Waals surface area contributed by atoms with Gasteiger partial charge in [-0.2, -0.15) is 0 Å². The Bertz CT molecular complexity index is 279. The van der Waals surface area contributed by atoms with E-state index in [9.17, 15) is 9.00 Å². The number of carboxylic acids is 1. The zero-order chi connectivity index (χ0) is 15.9. The smallest absolute Gasteiger partial charge is 0.306 e. The van der Waals surface area contributed by atoms with E-state index >= 15 is 0 Å². The molecule has 1 N–H and O–H groups in total. The Balaban J connectivity index is 3.45. The van der Waals surface area contributed by atoms with Gasteiger partial charge in [0.25, 0.3) is 0 Å². The van der Waals surface area contributed by atoms with Crippen LogP contribution in [0.2, 0.25) is 0 Å². The first-order chi connectivity index (χ1) is 10.1. The average molecular weight is 319 g/mol. The molecule has 3 nitrogen and oxygen atoms in total. The minimum Gasteiger partial charge on any atom is -0.481 e. The molecule has 0 fully saturated rings. The second-order valence-corrected chi connectivity index (χ2v) is 7.63. The zero-order valence-corrected chi connectivity index (χ0v) is 14.8. The molecule has 0 aliphatic rings. The lowest BCUT2D eigenvalue weighted by Crippen LogP contribution is -2.16. The van der Waals surface area contributed by atoms with Crippen molar-refractivity contribution in [1.82, 2.24) is 0 Å². The highest BCUT2D eigenvalue weighted by Crippen LogP contribution is 2.16. The van der Waals surface area contributed by atoms with Gasteiger partial charge in [0, 0.05) is 22.8 Å². The van der Waals surface area contributed by atoms with Gasteiger partial charge in [-0.3, -0.25) is 9.00 Å². The molecule has 0 aromatic heterocycles. The molecule has 0 bridgehead atoms. The number of rotatable bonds is 15. The van der Waals surface area contributed by atoms with Gasteiger partial charge in [0.1, 0.15) is 0 Å². The fourth-order valence-corrected chi connectivity index (χ4v) is 3.19. The number of carbonyl (C=O) groups is 1. The average Bonchev–Trinajstić information content (AvgIpc) is 2.43. The van der Waals surface area contributed by atoms with Crippen LogP contribution in [0.5, 0.6) is 0 Å². The fraction of sp³-hybridized carbons (Fsp3) is 0.941. The van der Waals surface area contributed by atoms with Gasteiger partial charge in [0.15, 0.2) is 0 Å². The molecule has 0 aliphatic carbocycles. The topological polar surface area (TPSA) is 54.4 Å². The lowest BCUT2D eigenvalue weighted by Gasteiger charge is -2.11. The predicted octanol–water partition coefficient (Wildman–Crippen LogP) is 4.77. The van der Waals surface area contributed by atoms with E-state index in [-0.39, 0.29) is 5.92 Å². The standard InChI is InChI=1S/C17H34O3S/c1-3-4-5-6-7-8-9-10-11-12-13-16(17(18)19)14-15-21(2)20/h16H,3-15H2,1-2H3,(H,18,19). The minimum absolute atomic E-state index is 0.303. The van der Waals surface area contributed by atoms with Crippen molar-refractivity contribution in [3.05, 3.63) is 0 Å². The monoisotopic (exact) mass is 318 g/mol. The maximum Gasteiger partial charge on any atom is 0.306 e. The first-order valence-electron chi connectivity index (χ1n) is 8.60. The molecule has 0 spiro atoms. The van der Waals surface area contributed by atoms with Crippen LogP contribution in [0.1, 0.15) is 84.0 Å². The lowest BCUT2D eigenvalue weighted by atomic mass is 9.98. The number of hydrogen-bond acceptors (Lipinski definition) is 2. The second-order valence-electron chi connectivity index (χ2n) is 6.07. The van der Waals surface area contributed by atoms with E-state index in [2.05, 4.69) is 6.92 Å².